The topological polar surface area (TPSA) is 120 Å². The number of carbonyl (C=O) groups excluding carboxylic acids is 2. The highest BCUT2D eigenvalue weighted by molar-refractivity contribution is 5.95. The molecule has 11 heteroatoms. The van der Waals surface area contributed by atoms with E-state index in [4.69, 9.17) is 14.2 Å². The summed E-state index contributed by atoms with van der Waals surface area (Å²) in [5.41, 5.74) is 1.07. The molecular formula is C28H40N6O5. The molecule has 2 N–H and O–H groups in total. The van der Waals surface area contributed by atoms with Gasteiger partial charge in [-0.1, -0.05) is 5.21 Å². The number of amides is 2. The van der Waals surface area contributed by atoms with E-state index in [1.165, 1.54) is 0 Å². The molecule has 1 aromatic heterocycles. The maximum Gasteiger partial charge on any atom is 0.251 e. The van der Waals surface area contributed by atoms with Gasteiger partial charge in [0.1, 0.15) is 12.3 Å². The first kappa shape index (κ1) is 27.4. The number of nitrogens with one attached hydrogen (secondary N) is 2. The van der Waals surface area contributed by atoms with E-state index in [0.29, 0.717) is 55.4 Å². The lowest BCUT2D eigenvalue weighted by atomic mass is 9.74. The molecule has 4 heterocycles. The molecule has 2 aromatic rings. The molecule has 0 radical (unpaired) electrons. The molecule has 5 rings (SSSR count). The minimum Gasteiger partial charge on any atom is -0.493 e. The highest BCUT2D eigenvalue weighted by atomic mass is 16.5. The Labute approximate surface area is 229 Å². The summed E-state index contributed by atoms with van der Waals surface area (Å²) in [5.74, 6) is 1.15. The van der Waals surface area contributed by atoms with Crippen LogP contribution in [-0.4, -0.2) is 81.7 Å². The Morgan fingerprint density at radius 3 is 2.69 bits per heavy atom. The number of likely N-dealkylation sites (tertiary alicyclic amines) is 1. The van der Waals surface area contributed by atoms with Gasteiger partial charge in [-0.3, -0.25) is 9.59 Å². The average Bonchev–Trinajstić information content (AvgIpc) is 3.47. The van der Waals surface area contributed by atoms with E-state index in [-0.39, 0.29) is 47.6 Å². The van der Waals surface area contributed by atoms with Gasteiger partial charge in [0.15, 0.2) is 11.5 Å². The largest absolute Gasteiger partial charge is 0.493 e. The number of nitrogens with zero attached hydrogens (tertiary/aromatic N) is 4. The number of carbonyl (C=O) groups is 2. The predicted octanol–water partition coefficient (Wildman–Crippen LogP) is 2.15. The zero-order valence-corrected chi connectivity index (χ0v) is 23.5. The van der Waals surface area contributed by atoms with Crippen LogP contribution in [0, 0.1) is 5.92 Å². The van der Waals surface area contributed by atoms with Crippen LogP contribution < -0.4 is 20.1 Å². The molecule has 1 aromatic carbocycles. The van der Waals surface area contributed by atoms with Crippen LogP contribution in [0.15, 0.2) is 24.4 Å². The summed E-state index contributed by atoms with van der Waals surface area (Å²) in [6.07, 6.45) is 3.81. The van der Waals surface area contributed by atoms with Gasteiger partial charge in [-0.15, -0.1) is 5.10 Å². The third-order valence-corrected chi connectivity index (χ3v) is 7.71. The number of rotatable bonds is 3. The molecular weight excluding hydrogens is 500 g/mol. The molecule has 2 saturated heterocycles. The summed E-state index contributed by atoms with van der Waals surface area (Å²) < 4.78 is 19.3. The molecule has 3 aliphatic heterocycles. The van der Waals surface area contributed by atoms with E-state index in [1.807, 2.05) is 11.1 Å². The van der Waals surface area contributed by atoms with Crippen LogP contribution in [0.25, 0.3) is 0 Å². The van der Waals surface area contributed by atoms with Gasteiger partial charge in [-0.25, -0.2) is 4.68 Å². The van der Waals surface area contributed by atoms with E-state index in [9.17, 15) is 9.59 Å². The van der Waals surface area contributed by atoms with Crippen LogP contribution in [-0.2, 0) is 22.7 Å². The predicted molar refractivity (Wildman–Crippen MR) is 144 cm³/mol. The highest BCUT2D eigenvalue weighted by Crippen LogP contribution is 2.35. The number of ether oxygens (including phenoxy) is 3. The molecule has 2 amide bonds. The molecule has 2 atom stereocenters. The van der Waals surface area contributed by atoms with E-state index in [1.54, 1.807) is 30.0 Å². The van der Waals surface area contributed by atoms with E-state index in [2.05, 4.69) is 48.6 Å². The lowest BCUT2D eigenvalue weighted by Gasteiger charge is -2.46. The number of benzene rings is 1. The van der Waals surface area contributed by atoms with Crippen LogP contribution in [0.3, 0.4) is 0 Å². The Bertz CT molecular complexity index is 1190. The van der Waals surface area contributed by atoms with Gasteiger partial charge in [-0.2, -0.15) is 0 Å². The first-order valence-electron chi connectivity index (χ1n) is 13.7. The lowest BCUT2D eigenvalue weighted by Crippen LogP contribution is -2.58. The van der Waals surface area contributed by atoms with Gasteiger partial charge in [0.25, 0.3) is 5.91 Å². The van der Waals surface area contributed by atoms with Crippen molar-refractivity contribution >= 4 is 11.8 Å². The van der Waals surface area contributed by atoms with Gasteiger partial charge in [0.05, 0.1) is 38.6 Å². The van der Waals surface area contributed by atoms with E-state index in [0.717, 1.165) is 12.8 Å². The van der Waals surface area contributed by atoms with Crippen molar-refractivity contribution in [1.29, 1.82) is 0 Å². The summed E-state index contributed by atoms with van der Waals surface area (Å²) in [4.78, 5) is 28.6. The van der Waals surface area contributed by atoms with Gasteiger partial charge in [0.2, 0.25) is 5.91 Å². The monoisotopic (exact) mass is 540 g/mol. The fourth-order valence-electron chi connectivity index (χ4n) is 6.48. The third kappa shape index (κ3) is 6.52. The van der Waals surface area contributed by atoms with E-state index < -0.39 is 0 Å². The van der Waals surface area contributed by atoms with Crippen molar-refractivity contribution in [3.05, 3.63) is 35.7 Å². The Morgan fingerprint density at radius 1 is 1.18 bits per heavy atom. The maximum atomic E-state index is 13.5. The zero-order valence-electron chi connectivity index (χ0n) is 23.5. The summed E-state index contributed by atoms with van der Waals surface area (Å²) in [6.45, 7) is 10.6. The second-order valence-electron chi connectivity index (χ2n) is 12.3. The van der Waals surface area contributed by atoms with Crippen LogP contribution >= 0.6 is 0 Å². The summed E-state index contributed by atoms with van der Waals surface area (Å²) >= 11 is 0. The molecule has 0 saturated carbocycles. The van der Waals surface area contributed by atoms with Crippen molar-refractivity contribution in [2.75, 3.05) is 26.8 Å². The Hall–Kier alpha value is -3.18. The number of hydrogen-bond acceptors (Lipinski definition) is 8. The minimum atomic E-state index is -0.372. The zero-order chi connectivity index (χ0) is 27.8. The number of hydrogen-bond donors (Lipinski definition) is 2. The van der Waals surface area contributed by atoms with Crippen LogP contribution in [0.2, 0.25) is 0 Å². The second-order valence-corrected chi connectivity index (χ2v) is 12.3. The molecule has 4 bridgehead atoms. The van der Waals surface area contributed by atoms with Crippen LogP contribution in [0.1, 0.15) is 63.0 Å². The summed E-state index contributed by atoms with van der Waals surface area (Å²) in [5, 5.41) is 15.2. The van der Waals surface area contributed by atoms with Gasteiger partial charge in [0, 0.05) is 36.2 Å². The smallest absolute Gasteiger partial charge is 0.251 e. The van der Waals surface area contributed by atoms with Crippen molar-refractivity contribution in [3.63, 3.8) is 0 Å². The maximum absolute atomic E-state index is 13.5. The van der Waals surface area contributed by atoms with Crippen molar-refractivity contribution in [2.24, 2.45) is 5.92 Å². The SMILES string of the molecule is COc1ccc2cc1OCCn1cc(nn1)CO[C@H]1CN(C(=O)CC3CC(C)(C)NC(C)(C)C3)C[C@@H]1NC2=O. The number of aromatic nitrogens is 3. The Balaban J connectivity index is 1.34. The fourth-order valence-corrected chi connectivity index (χ4v) is 6.48. The Kier molecular flexibility index (Phi) is 7.56. The number of piperidine rings is 1. The molecule has 3 aliphatic rings. The molecule has 39 heavy (non-hydrogen) atoms. The van der Waals surface area contributed by atoms with Crippen LogP contribution in [0.4, 0.5) is 0 Å². The molecule has 0 spiro atoms. The first-order chi connectivity index (χ1) is 18.5. The standard InChI is InChI=1S/C28H40N6O5/c1-27(2)12-18(13-28(3,4)31-27)10-25(35)33-15-21-24(16-33)39-17-20-14-34(32-30-20)8-9-38-23-11-19(26(36)29-21)6-7-22(23)37-5/h6-7,11,14,18,21,24,31H,8-10,12-13,15-17H2,1-5H3,(H,29,36)/t21-,24-/m0/s1. The molecule has 212 valence electrons. The third-order valence-electron chi connectivity index (χ3n) is 7.71. The van der Waals surface area contributed by atoms with Crippen molar-refractivity contribution in [1.82, 2.24) is 30.5 Å². The van der Waals surface area contributed by atoms with Crippen molar-refractivity contribution in [3.8, 4) is 11.5 Å². The Morgan fingerprint density at radius 2 is 1.95 bits per heavy atom. The minimum absolute atomic E-state index is 0.0270. The number of fused-ring (bicyclic) bond motifs is 5. The summed E-state index contributed by atoms with van der Waals surface area (Å²) in [6, 6.07) is 4.73. The molecule has 0 aliphatic carbocycles. The molecule has 0 unspecified atom stereocenters. The number of methoxy groups -OCH3 is 1. The van der Waals surface area contributed by atoms with Gasteiger partial charge >= 0.3 is 0 Å². The highest BCUT2D eigenvalue weighted by Gasteiger charge is 2.41. The van der Waals surface area contributed by atoms with Gasteiger partial charge < -0.3 is 29.7 Å². The van der Waals surface area contributed by atoms with Gasteiger partial charge in [-0.05, 0) is 64.7 Å². The first-order valence-corrected chi connectivity index (χ1v) is 13.7. The van der Waals surface area contributed by atoms with Crippen LogP contribution in [0.5, 0.6) is 11.5 Å². The van der Waals surface area contributed by atoms with Crippen molar-refractivity contribution in [2.45, 2.75) is 83.3 Å². The fraction of sp³-hybridized carbons (Fsp3) is 0.643. The lowest BCUT2D eigenvalue weighted by molar-refractivity contribution is -0.132. The van der Waals surface area contributed by atoms with E-state index >= 15 is 0 Å². The molecule has 11 nitrogen and oxygen atoms in total. The average molecular weight is 541 g/mol. The van der Waals surface area contributed by atoms with Crippen molar-refractivity contribution < 1.29 is 23.8 Å². The molecule has 2 fully saturated rings. The quantitative estimate of drug-likeness (QED) is 0.608. The summed E-state index contributed by atoms with van der Waals surface area (Å²) in [7, 11) is 1.56. The normalized spacial score (nSPS) is 25.1. The second kappa shape index (κ2) is 10.8.